The molecule has 140 valence electrons. The third-order valence-corrected chi connectivity index (χ3v) is 4.91. The van der Waals surface area contributed by atoms with Crippen LogP contribution in [0.1, 0.15) is 10.5 Å². The third-order valence-electron chi connectivity index (χ3n) is 4.15. The monoisotopic (exact) mass is 400 g/mol. The van der Waals surface area contributed by atoms with Crippen molar-refractivity contribution in [3.63, 3.8) is 0 Å². The predicted octanol–water partition coefficient (Wildman–Crippen LogP) is 2.98. The van der Waals surface area contributed by atoms with Gasteiger partial charge in [0.05, 0.1) is 17.4 Å². The second kappa shape index (κ2) is 7.17. The van der Waals surface area contributed by atoms with Crippen molar-refractivity contribution in [1.29, 1.82) is 0 Å². The van der Waals surface area contributed by atoms with Crippen LogP contribution in [0.5, 0.6) is 0 Å². The molecule has 0 aliphatic carbocycles. The first-order valence-electron chi connectivity index (χ1n) is 8.58. The van der Waals surface area contributed by atoms with Crippen LogP contribution < -0.4 is 5.32 Å². The number of para-hydroxylation sites is 1. The van der Waals surface area contributed by atoms with Crippen molar-refractivity contribution in [2.45, 2.75) is 0 Å². The summed E-state index contributed by atoms with van der Waals surface area (Å²) in [5.74, 6) is 0.0591. The van der Waals surface area contributed by atoms with Crippen LogP contribution in [-0.2, 0) is 0 Å². The molecule has 29 heavy (non-hydrogen) atoms. The first-order chi connectivity index (χ1) is 14.3. The highest BCUT2D eigenvalue weighted by atomic mass is 32.1. The van der Waals surface area contributed by atoms with Gasteiger partial charge in [-0.2, -0.15) is 4.68 Å². The Balaban J connectivity index is 1.39. The van der Waals surface area contributed by atoms with Gasteiger partial charge in [-0.3, -0.25) is 10.1 Å². The minimum atomic E-state index is -0.388. The summed E-state index contributed by atoms with van der Waals surface area (Å²) in [4.78, 5) is 29.8. The Kier molecular flexibility index (Phi) is 4.22. The van der Waals surface area contributed by atoms with Crippen molar-refractivity contribution < 1.29 is 4.79 Å². The Hall–Kier alpha value is -4.05. The highest BCUT2D eigenvalue weighted by molar-refractivity contribution is 7.14. The fraction of sp³-hybridized carbons (Fsp3) is 0. The number of carbonyl (C=O) groups excluding carboxylic acids is 1. The van der Waals surface area contributed by atoms with Crippen LogP contribution >= 0.6 is 11.3 Å². The third kappa shape index (κ3) is 3.32. The molecule has 4 heterocycles. The number of nitrogens with one attached hydrogen (secondary N) is 1. The smallest absolute Gasteiger partial charge is 0.277 e. The van der Waals surface area contributed by atoms with Crippen LogP contribution in [-0.4, -0.2) is 40.8 Å². The summed E-state index contributed by atoms with van der Waals surface area (Å²) >= 11 is 1.32. The molecule has 9 nitrogen and oxygen atoms in total. The lowest BCUT2D eigenvalue weighted by Gasteiger charge is -2.04. The van der Waals surface area contributed by atoms with E-state index in [0.29, 0.717) is 16.6 Å². The number of amides is 1. The maximum absolute atomic E-state index is 12.7. The van der Waals surface area contributed by atoms with Gasteiger partial charge in [-0.1, -0.05) is 29.5 Å². The molecule has 0 aliphatic rings. The molecule has 0 unspecified atom stereocenters. The van der Waals surface area contributed by atoms with Gasteiger partial charge in [-0.25, -0.2) is 19.9 Å². The number of aromatic nitrogens is 7. The Morgan fingerprint density at radius 1 is 1.03 bits per heavy atom. The summed E-state index contributed by atoms with van der Waals surface area (Å²) in [5, 5.41) is 13.9. The molecule has 0 saturated carbocycles. The molecule has 0 radical (unpaired) electrons. The molecule has 10 heteroatoms. The summed E-state index contributed by atoms with van der Waals surface area (Å²) in [7, 11) is 0. The summed E-state index contributed by atoms with van der Waals surface area (Å²) < 4.78 is 1.34. The van der Waals surface area contributed by atoms with E-state index in [1.807, 2.05) is 41.8 Å². The fourth-order valence-electron chi connectivity index (χ4n) is 2.79. The van der Waals surface area contributed by atoms with Crippen LogP contribution in [0.3, 0.4) is 0 Å². The zero-order valence-electron chi connectivity index (χ0n) is 14.8. The predicted molar refractivity (Wildman–Crippen MR) is 108 cm³/mol. The first-order valence-corrected chi connectivity index (χ1v) is 9.46. The Labute approximate surface area is 168 Å². The number of carbonyl (C=O) groups is 1. The van der Waals surface area contributed by atoms with E-state index in [9.17, 15) is 4.79 Å². The van der Waals surface area contributed by atoms with Crippen molar-refractivity contribution >= 4 is 33.3 Å². The van der Waals surface area contributed by atoms with Gasteiger partial charge in [0, 0.05) is 23.0 Å². The number of thiazole rings is 1. The fourth-order valence-corrected chi connectivity index (χ4v) is 3.49. The second-order valence-corrected chi connectivity index (χ2v) is 6.84. The largest absolute Gasteiger partial charge is 0.296 e. The van der Waals surface area contributed by atoms with Crippen molar-refractivity contribution in [3.05, 3.63) is 72.3 Å². The van der Waals surface area contributed by atoms with Gasteiger partial charge < -0.3 is 0 Å². The van der Waals surface area contributed by atoms with Crippen molar-refractivity contribution in [2.24, 2.45) is 0 Å². The van der Waals surface area contributed by atoms with Gasteiger partial charge in [-0.15, -0.1) is 16.4 Å². The van der Waals surface area contributed by atoms with E-state index < -0.39 is 0 Å². The molecular weight excluding hydrogens is 388 g/mol. The number of fused-ring (bicyclic) bond motifs is 1. The number of rotatable bonds is 4. The molecule has 1 amide bonds. The average Bonchev–Trinajstić information content (AvgIpc) is 3.44. The number of hydrogen-bond donors (Lipinski definition) is 1. The normalized spacial score (nSPS) is 10.9. The Bertz CT molecular complexity index is 1310. The van der Waals surface area contributed by atoms with Gasteiger partial charge in [-0.05, 0) is 12.1 Å². The molecule has 5 rings (SSSR count). The van der Waals surface area contributed by atoms with Gasteiger partial charge >= 0.3 is 0 Å². The molecule has 5 aromatic rings. The highest BCUT2D eigenvalue weighted by Gasteiger charge is 2.17. The lowest BCUT2D eigenvalue weighted by atomic mass is 10.2. The van der Waals surface area contributed by atoms with Crippen molar-refractivity contribution in [3.8, 4) is 17.2 Å². The van der Waals surface area contributed by atoms with Gasteiger partial charge in [0.25, 0.3) is 5.91 Å². The van der Waals surface area contributed by atoms with Crippen LogP contribution in [0.2, 0.25) is 0 Å². The lowest BCUT2D eigenvalue weighted by Crippen LogP contribution is -2.17. The minimum Gasteiger partial charge on any atom is -0.296 e. The van der Waals surface area contributed by atoms with Crippen molar-refractivity contribution in [1.82, 2.24) is 34.9 Å². The first kappa shape index (κ1) is 17.1. The van der Waals surface area contributed by atoms with E-state index in [1.165, 1.54) is 28.5 Å². The van der Waals surface area contributed by atoms with E-state index in [-0.39, 0.29) is 11.6 Å². The van der Waals surface area contributed by atoms with Crippen LogP contribution in [0.4, 0.5) is 5.13 Å². The highest BCUT2D eigenvalue weighted by Crippen LogP contribution is 2.25. The molecule has 0 spiro atoms. The zero-order chi connectivity index (χ0) is 19.6. The van der Waals surface area contributed by atoms with E-state index >= 15 is 0 Å². The molecule has 0 atom stereocenters. The molecule has 1 N–H and O–H groups in total. The maximum atomic E-state index is 12.7. The molecule has 0 fully saturated rings. The topological polar surface area (TPSA) is 111 Å². The molecule has 4 aromatic heterocycles. The molecule has 0 aliphatic heterocycles. The Morgan fingerprint density at radius 2 is 1.97 bits per heavy atom. The van der Waals surface area contributed by atoms with Gasteiger partial charge in [0.1, 0.15) is 12.0 Å². The van der Waals surface area contributed by atoms with Crippen LogP contribution in [0, 0.1) is 0 Å². The average molecular weight is 400 g/mol. The van der Waals surface area contributed by atoms with E-state index in [2.05, 4.69) is 35.6 Å². The van der Waals surface area contributed by atoms with Gasteiger partial charge in [0.2, 0.25) is 0 Å². The number of anilines is 1. The Morgan fingerprint density at radius 3 is 2.86 bits per heavy atom. The lowest BCUT2D eigenvalue weighted by molar-refractivity contribution is 0.101. The van der Waals surface area contributed by atoms with Gasteiger partial charge in [0.15, 0.2) is 16.6 Å². The standard InChI is InChI=1S/C19H12N8OS/c28-18(16-9-22-26-27(16)17-7-8-20-11-21-17)25-19-24-15(10-29-19)14-6-5-12-3-1-2-4-13(12)23-14/h1-11H,(H,24,25,28). The maximum Gasteiger partial charge on any atom is 0.277 e. The number of hydrogen-bond acceptors (Lipinski definition) is 8. The van der Waals surface area contributed by atoms with Crippen molar-refractivity contribution in [2.75, 3.05) is 5.32 Å². The molecular formula is C19H12N8OS. The second-order valence-electron chi connectivity index (χ2n) is 5.98. The molecule has 0 bridgehead atoms. The zero-order valence-corrected chi connectivity index (χ0v) is 15.6. The summed E-state index contributed by atoms with van der Waals surface area (Å²) in [6.45, 7) is 0. The SMILES string of the molecule is O=C(Nc1nc(-c2ccc3ccccc3n2)cs1)c1cnnn1-c1ccncn1. The number of nitrogens with zero attached hydrogens (tertiary/aromatic N) is 7. The number of pyridine rings is 1. The summed E-state index contributed by atoms with van der Waals surface area (Å²) in [6.07, 6.45) is 4.31. The van der Waals surface area contributed by atoms with Crippen LogP contribution in [0.25, 0.3) is 28.1 Å². The quantitative estimate of drug-likeness (QED) is 0.493. The van der Waals surface area contributed by atoms with E-state index in [0.717, 1.165) is 16.6 Å². The minimum absolute atomic E-state index is 0.240. The summed E-state index contributed by atoms with van der Waals surface area (Å²) in [5.41, 5.74) is 2.57. The molecule has 0 saturated heterocycles. The summed E-state index contributed by atoms with van der Waals surface area (Å²) in [6, 6.07) is 13.4. The van der Waals surface area contributed by atoms with E-state index in [1.54, 1.807) is 12.3 Å². The molecule has 1 aromatic carbocycles. The van der Waals surface area contributed by atoms with Crippen LogP contribution in [0.15, 0.2) is 66.6 Å². The van der Waals surface area contributed by atoms with E-state index in [4.69, 9.17) is 0 Å². The number of benzene rings is 1.